The molecule has 0 saturated heterocycles. The van der Waals surface area contributed by atoms with Crippen LogP contribution in [0.15, 0.2) is 6.07 Å². The molecule has 1 N–H and O–H groups in total. The van der Waals surface area contributed by atoms with E-state index in [0.29, 0.717) is 15.2 Å². The van der Waals surface area contributed by atoms with E-state index in [9.17, 15) is 9.59 Å². The largest absolute Gasteiger partial charge is 0.481 e. The summed E-state index contributed by atoms with van der Waals surface area (Å²) in [6.07, 6.45) is -0.239. The van der Waals surface area contributed by atoms with Crippen molar-refractivity contribution in [2.24, 2.45) is 0 Å². The normalized spacial score (nSPS) is 10.5. The third-order valence-corrected chi connectivity index (χ3v) is 3.59. The molecule has 0 spiro atoms. The molecule has 0 saturated carbocycles. The fourth-order valence-corrected chi connectivity index (χ4v) is 2.51. The predicted molar refractivity (Wildman–Crippen MR) is 71.7 cm³/mol. The third kappa shape index (κ3) is 2.85. The number of carboxylic acids is 1. The topological polar surface area (TPSA) is 98.6 Å². The van der Waals surface area contributed by atoms with Crippen LogP contribution in [-0.4, -0.2) is 41.0 Å². The number of fused-ring (bicyclic) bond motifs is 1. The molecule has 0 radical (unpaired) electrons. The van der Waals surface area contributed by atoms with Crippen LogP contribution in [-0.2, 0) is 4.79 Å². The van der Waals surface area contributed by atoms with Crippen LogP contribution in [0.25, 0.3) is 10.3 Å². The molecular weight excluding hydrogens is 284 g/mol. The Hall–Kier alpha value is -2.22. The van der Waals surface area contributed by atoms with Gasteiger partial charge in [-0.15, -0.1) is 11.3 Å². The number of carbonyl (C=O) groups is 2. The van der Waals surface area contributed by atoms with E-state index in [4.69, 9.17) is 14.6 Å². The fourth-order valence-electron chi connectivity index (χ4n) is 1.58. The van der Waals surface area contributed by atoms with Crippen molar-refractivity contribution in [2.45, 2.75) is 12.8 Å². The van der Waals surface area contributed by atoms with Crippen molar-refractivity contribution in [3.05, 3.63) is 10.9 Å². The first-order valence-corrected chi connectivity index (χ1v) is 6.51. The van der Waals surface area contributed by atoms with Gasteiger partial charge in [0.05, 0.1) is 25.5 Å². The Morgan fingerprint density at radius 3 is 2.45 bits per heavy atom. The Labute approximate surface area is 118 Å². The van der Waals surface area contributed by atoms with Gasteiger partial charge in [0.25, 0.3) is 11.8 Å². The van der Waals surface area contributed by atoms with Crippen LogP contribution in [0.4, 0.5) is 0 Å². The lowest BCUT2D eigenvalue weighted by atomic mass is 10.2. The van der Waals surface area contributed by atoms with E-state index < -0.39 is 5.97 Å². The molecule has 2 rings (SSSR count). The summed E-state index contributed by atoms with van der Waals surface area (Å²) in [6.45, 7) is 0. The molecule has 0 atom stereocenters. The van der Waals surface area contributed by atoms with E-state index in [0.717, 1.165) is 11.3 Å². The van der Waals surface area contributed by atoms with Gasteiger partial charge in [0.1, 0.15) is 10.3 Å². The maximum atomic E-state index is 11.9. The molecule has 2 aromatic heterocycles. The number of ketones is 1. The molecule has 8 heteroatoms. The average molecular weight is 296 g/mol. The van der Waals surface area contributed by atoms with Crippen molar-refractivity contribution in [3.8, 4) is 11.8 Å². The van der Waals surface area contributed by atoms with Gasteiger partial charge in [-0.1, -0.05) is 0 Å². The molecule has 0 aliphatic rings. The molecule has 0 aliphatic carbocycles. The van der Waals surface area contributed by atoms with Crippen LogP contribution in [0.1, 0.15) is 22.5 Å². The highest BCUT2D eigenvalue weighted by atomic mass is 32.1. The molecular formula is C12H12N2O5S. The Morgan fingerprint density at radius 2 is 1.85 bits per heavy atom. The summed E-state index contributed by atoms with van der Waals surface area (Å²) in [6, 6.07) is 1.58. The lowest BCUT2D eigenvalue weighted by Gasteiger charge is -2.03. The van der Waals surface area contributed by atoms with Gasteiger partial charge in [-0.05, 0) is 6.07 Å². The summed E-state index contributed by atoms with van der Waals surface area (Å²) in [4.78, 5) is 31.7. The quantitative estimate of drug-likeness (QED) is 0.811. The van der Waals surface area contributed by atoms with Gasteiger partial charge in [0, 0.05) is 6.42 Å². The summed E-state index contributed by atoms with van der Waals surface area (Å²) in [5, 5.41) is 8.58. The van der Waals surface area contributed by atoms with Crippen molar-refractivity contribution in [1.82, 2.24) is 9.97 Å². The van der Waals surface area contributed by atoms with Crippen LogP contribution in [0, 0.1) is 0 Å². The van der Waals surface area contributed by atoms with Crippen molar-refractivity contribution in [2.75, 3.05) is 14.2 Å². The zero-order valence-corrected chi connectivity index (χ0v) is 11.7. The molecule has 0 unspecified atom stereocenters. The molecule has 2 heterocycles. The Morgan fingerprint density at radius 1 is 1.20 bits per heavy atom. The number of aliphatic carboxylic acids is 1. The van der Waals surface area contributed by atoms with Gasteiger partial charge in [-0.3, -0.25) is 9.59 Å². The number of carbonyl (C=O) groups excluding carboxylic acids is 1. The second-order valence-corrected chi connectivity index (χ2v) is 4.89. The summed E-state index contributed by atoms with van der Waals surface area (Å²) in [7, 11) is 2.90. The van der Waals surface area contributed by atoms with Crippen molar-refractivity contribution in [1.29, 1.82) is 0 Å². The highest BCUT2D eigenvalue weighted by Gasteiger charge is 2.16. The average Bonchev–Trinajstić information content (AvgIpc) is 2.85. The maximum Gasteiger partial charge on any atom is 0.303 e. The second-order valence-electron chi connectivity index (χ2n) is 3.86. The smallest absolute Gasteiger partial charge is 0.303 e. The van der Waals surface area contributed by atoms with E-state index >= 15 is 0 Å². The first kappa shape index (κ1) is 14.2. The first-order chi connectivity index (χ1) is 9.55. The van der Waals surface area contributed by atoms with E-state index in [1.54, 1.807) is 6.07 Å². The number of ether oxygens (including phenoxy) is 2. The number of carboxylic acid groups (broad SMARTS) is 1. The molecule has 0 bridgehead atoms. The SMILES string of the molecule is COc1nc2cc(C(=O)CCC(=O)O)sc2nc1OC. The molecule has 2 aromatic rings. The Kier molecular flexibility index (Phi) is 4.14. The number of thiophene rings is 1. The van der Waals surface area contributed by atoms with Crippen LogP contribution in [0.5, 0.6) is 11.8 Å². The standard InChI is InChI=1S/C12H12N2O5S/c1-18-10-11(19-2)14-12-6(13-10)5-8(20-12)7(15)3-4-9(16)17/h5H,3-4H2,1-2H3,(H,16,17). The third-order valence-electron chi connectivity index (χ3n) is 2.53. The number of hydrogen-bond acceptors (Lipinski definition) is 7. The van der Waals surface area contributed by atoms with Crippen LogP contribution < -0.4 is 9.47 Å². The molecule has 0 aliphatic heterocycles. The van der Waals surface area contributed by atoms with Crippen molar-refractivity contribution in [3.63, 3.8) is 0 Å². The number of rotatable bonds is 6. The summed E-state index contributed by atoms with van der Waals surface area (Å²) in [5.41, 5.74) is 0.520. The van der Waals surface area contributed by atoms with Crippen molar-refractivity contribution < 1.29 is 24.2 Å². The molecule has 0 fully saturated rings. The minimum atomic E-state index is -1.00. The number of Topliss-reactive ketones (excluding diaryl/α,β-unsaturated/α-hetero) is 1. The van der Waals surface area contributed by atoms with Gasteiger partial charge >= 0.3 is 5.97 Å². The maximum absolute atomic E-state index is 11.9. The number of hydrogen-bond donors (Lipinski definition) is 1. The van der Waals surface area contributed by atoms with Gasteiger partial charge in [0.15, 0.2) is 5.78 Å². The highest BCUT2D eigenvalue weighted by molar-refractivity contribution is 7.20. The van der Waals surface area contributed by atoms with Gasteiger partial charge in [-0.25, -0.2) is 4.98 Å². The van der Waals surface area contributed by atoms with Gasteiger partial charge in [-0.2, -0.15) is 4.98 Å². The van der Waals surface area contributed by atoms with Gasteiger partial charge in [0.2, 0.25) is 0 Å². The van der Waals surface area contributed by atoms with Crippen LogP contribution in [0.3, 0.4) is 0 Å². The van der Waals surface area contributed by atoms with Gasteiger partial charge < -0.3 is 14.6 Å². The Bertz CT molecular complexity index is 626. The summed E-state index contributed by atoms with van der Waals surface area (Å²) in [5.74, 6) is -0.761. The molecule has 20 heavy (non-hydrogen) atoms. The van der Waals surface area contributed by atoms with Crippen LogP contribution in [0.2, 0.25) is 0 Å². The van der Waals surface area contributed by atoms with Crippen LogP contribution >= 0.6 is 11.3 Å². The minimum absolute atomic E-state index is 0.0452. The summed E-state index contributed by atoms with van der Waals surface area (Å²) < 4.78 is 10.1. The zero-order chi connectivity index (χ0) is 14.7. The lowest BCUT2D eigenvalue weighted by Crippen LogP contribution is -2.01. The number of methoxy groups -OCH3 is 2. The van der Waals surface area contributed by atoms with E-state index in [-0.39, 0.29) is 30.4 Å². The number of aromatic nitrogens is 2. The number of nitrogens with zero attached hydrogens (tertiary/aromatic N) is 2. The van der Waals surface area contributed by atoms with Crippen molar-refractivity contribution >= 4 is 33.4 Å². The highest BCUT2D eigenvalue weighted by Crippen LogP contribution is 2.30. The molecule has 0 aromatic carbocycles. The second kappa shape index (κ2) is 5.83. The van der Waals surface area contributed by atoms with E-state index in [1.165, 1.54) is 14.2 Å². The predicted octanol–water partition coefficient (Wildman–Crippen LogP) is 1.76. The summed E-state index contributed by atoms with van der Waals surface area (Å²) >= 11 is 1.15. The van der Waals surface area contributed by atoms with E-state index in [1.807, 2.05) is 0 Å². The van der Waals surface area contributed by atoms with E-state index in [2.05, 4.69) is 9.97 Å². The first-order valence-electron chi connectivity index (χ1n) is 5.69. The molecule has 7 nitrogen and oxygen atoms in total. The lowest BCUT2D eigenvalue weighted by molar-refractivity contribution is -0.136. The molecule has 0 amide bonds. The minimum Gasteiger partial charge on any atom is -0.481 e. The fraction of sp³-hybridized carbons (Fsp3) is 0.333. The zero-order valence-electron chi connectivity index (χ0n) is 10.9. The monoisotopic (exact) mass is 296 g/mol. The Balaban J connectivity index is 2.33. The molecule has 106 valence electrons.